The molecule has 2 saturated carbocycles. The number of hydrogen-bond donors (Lipinski definition) is 6. The molecule has 3 aliphatic carbocycles. The third-order valence-corrected chi connectivity index (χ3v) is 10.1. The molecule has 2 radical (unpaired) electrons. The van der Waals surface area contributed by atoms with Crippen LogP contribution in [0.2, 0.25) is 0 Å². The first kappa shape index (κ1) is 39.6. The Kier molecular flexibility index (Phi) is 12.5. The fourth-order valence-electron chi connectivity index (χ4n) is 7.61. The topological polar surface area (TPSA) is 209 Å². The SMILES string of the molecule is CC(=O)NC(C)[C@@H](O)C(=O)O[C@H]1C[C@@]2(O)[C@@H](OC(C)=O)[C@@H]3[C@]4(O)CO[C@@H]4C[C@H](O)[C@@]3(C)C(=O)[C@H](O)C(=C1C)C2(C)C.[Ac].[Ac]. The molecule has 11 atom stereocenters. The number of Topliss-reactive ketones (excluding diaryl/α,β-unsaturated/α-hetero) is 1. The third kappa shape index (κ3) is 6.13. The van der Waals surface area contributed by atoms with Crippen molar-refractivity contribution >= 4 is 23.6 Å². The van der Waals surface area contributed by atoms with Gasteiger partial charge in [-0.15, -0.1) is 0 Å². The number of aliphatic hydroxyl groups is 5. The molecule has 15 heteroatoms. The molecular formula is C28H41Ac2NO12. The molecule has 1 saturated heterocycles. The number of ether oxygens (including phenoxy) is 3. The van der Waals surface area contributed by atoms with Gasteiger partial charge in [0.15, 0.2) is 11.9 Å². The first-order chi connectivity index (χ1) is 18.7. The largest absolute Gasteiger partial charge is 0.459 e. The van der Waals surface area contributed by atoms with E-state index in [0.29, 0.717) is 0 Å². The number of fused-ring (bicyclic) bond motifs is 5. The number of carbonyl (C=O) groups excluding carboxylic acids is 4. The van der Waals surface area contributed by atoms with Gasteiger partial charge in [-0.2, -0.15) is 0 Å². The quantitative estimate of drug-likeness (QED) is 0.140. The van der Waals surface area contributed by atoms with E-state index in [1.165, 1.54) is 27.7 Å². The molecule has 1 heterocycles. The Morgan fingerprint density at radius 3 is 2.14 bits per heavy atom. The summed E-state index contributed by atoms with van der Waals surface area (Å²) in [5.74, 6) is -4.74. The molecule has 0 aromatic carbocycles. The van der Waals surface area contributed by atoms with Crippen molar-refractivity contribution in [1.82, 2.24) is 5.32 Å². The van der Waals surface area contributed by atoms with Crippen LogP contribution in [0, 0.1) is 105 Å². The Hall–Kier alpha value is 0.463. The molecule has 4 aliphatic rings. The van der Waals surface area contributed by atoms with Crippen LogP contribution in [0.3, 0.4) is 0 Å². The Morgan fingerprint density at radius 1 is 1.07 bits per heavy atom. The van der Waals surface area contributed by atoms with Crippen LogP contribution >= 0.6 is 0 Å². The molecule has 0 aromatic rings. The Balaban J connectivity index is 0.00000323. The average Bonchev–Trinajstić information content (AvgIpc) is 2.85. The molecule has 2 bridgehead atoms. The van der Waals surface area contributed by atoms with Crippen molar-refractivity contribution in [3.63, 3.8) is 0 Å². The van der Waals surface area contributed by atoms with Crippen LogP contribution in [-0.4, -0.2) is 110 Å². The van der Waals surface area contributed by atoms with E-state index in [1.54, 1.807) is 13.8 Å². The van der Waals surface area contributed by atoms with E-state index in [0.717, 1.165) is 6.92 Å². The minimum absolute atomic E-state index is 0. The molecule has 6 N–H and O–H groups in total. The van der Waals surface area contributed by atoms with E-state index in [9.17, 15) is 44.7 Å². The molecule has 43 heavy (non-hydrogen) atoms. The zero-order valence-corrected chi connectivity index (χ0v) is 35.0. The summed E-state index contributed by atoms with van der Waals surface area (Å²) in [5.41, 5.74) is -7.12. The van der Waals surface area contributed by atoms with E-state index in [2.05, 4.69) is 5.32 Å². The van der Waals surface area contributed by atoms with E-state index in [1.807, 2.05) is 0 Å². The standard InChI is InChI=1S/C28H41NO12.2Ac/c1-11-15(41-24(36)19(33)12(2)29-13(3)30)9-28(38)23(40-14(4)31)21-26(7,16(32)8-17-27(21,37)10-39-17)22(35)20(34)18(11)25(28,5)6;;/h12,15-17,19-21,23,32-34,37-38H,8-10H2,1-7H3,(H,29,30);;/t12?,15-,16-,17+,19+,20+,21-,23-,26+,27-,28+;;/m0../s1. The Bertz CT molecular complexity index is 1190. The van der Waals surface area contributed by atoms with Crippen molar-refractivity contribution in [3.8, 4) is 0 Å². The van der Waals surface area contributed by atoms with Gasteiger partial charge in [0, 0.05) is 126 Å². The van der Waals surface area contributed by atoms with E-state index in [-0.39, 0.29) is 112 Å². The normalized spacial score (nSPS) is 40.8. The van der Waals surface area contributed by atoms with Crippen LogP contribution in [0.15, 0.2) is 11.1 Å². The summed E-state index contributed by atoms with van der Waals surface area (Å²) in [6.07, 6.45) is -9.51. The fourth-order valence-corrected chi connectivity index (χ4v) is 7.61. The number of amides is 1. The number of nitrogens with one attached hydrogen (secondary N) is 1. The molecule has 1 amide bonds. The van der Waals surface area contributed by atoms with E-state index in [4.69, 9.17) is 14.2 Å². The molecule has 236 valence electrons. The summed E-state index contributed by atoms with van der Waals surface area (Å²) in [6.45, 7) is 9.42. The zero-order chi connectivity index (χ0) is 31.0. The first-order valence-corrected chi connectivity index (χ1v) is 13.8. The summed E-state index contributed by atoms with van der Waals surface area (Å²) in [4.78, 5) is 51.1. The Labute approximate surface area is 321 Å². The van der Waals surface area contributed by atoms with Crippen molar-refractivity contribution in [3.05, 3.63) is 11.1 Å². The monoisotopic (exact) mass is 1040 g/mol. The summed E-state index contributed by atoms with van der Waals surface area (Å²) >= 11 is 0. The first-order valence-electron chi connectivity index (χ1n) is 13.8. The molecule has 4 rings (SSSR count). The number of hydrogen-bond acceptors (Lipinski definition) is 12. The van der Waals surface area contributed by atoms with Gasteiger partial charge >= 0.3 is 11.9 Å². The van der Waals surface area contributed by atoms with Gasteiger partial charge < -0.3 is 45.1 Å². The summed E-state index contributed by atoms with van der Waals surface area (Å²) in [5, 5.41) is 60.2. The smallest absolute Gasteiger partial charge is 0.337 e. The number of esters is 2. The fraction of sp³-hybridized carbons (Fsp3) is 0.786. The van der Waals surface area contributed by atoms with Gasteiger partial charge in [0.1, 0.15) is 29.5 Å². The van der Waals surface area contributed by atoms with Crippen molar-refractivity contribution in [1.29, 1.82) is 0 Å². The van der Waals surface area contributed by atoms with Gasteiger partial charge in [0.2, 0.25) is 5.91 Å². The van der Waals surface area contributed by atoms with Gasteiger partial charge in [-0.1, -0.05) is 13.8 Å². The van der Waals surface area contributed by atoms with Crippen LogP contribution in [0.5, 0.6) is 0 Å². The van der Waals surface area contributed by atoms with Crippen molar-refractivity contribution in [2.45, 2.75) is 115 Å². The second kappa shape index (κ2) is 13.5. The maximum atomic E-state index is 14.2. The molecule has 0 aromatic heterocycles. The minimum Gasteiger partial charge on any atom is -0.459 e. The number of rotatable bonds is 5. The van der Waals surface area contributed by atoms with Gasteiger partial charge in [0.05, 0.1) is 30.3 Å². The number of ketones is 1. The average molecular weight is 1040 g/mol. The predicted octanol–water partition coefficient (Wildman–Crippen LogP) is -1.35. The zero-order valence-electron chi connectivity index (χ0n) is 25.5. The number of aliphatic hydroxyl groups excluding tert-OH is 3. The minimum atomic E-state index is -2.17. The van der Waals surface area contributed by atoms with E-state index < -0.39 is 101 Å². The van der Waals surface area contributed by atoms with Gasteiger partial charge in [-0.3, -0.25) is 14.4 Å². The van der Waals surface area contributed by atoms with Crippen molar-refractivity contribution in [2.24, 2.45) is 16.7 Å². The summed E-state index contributed by atoms with van der Waals surface area (Å²) < 4.78 is 16.9. The molecule has 0 spiro atoms. The second-order valence-electron chi connectivity index (χ2n) is 12.8. The van der Waals surface area contributed by atoms with Crippen LogP contribution in [0.25, 0.3) is 0 Å². The molecule has 1 unspecified atom stereocenters. The number of carbonyl (C=O) groups is 4. The van der Waals surface area contributed by atoms with E-state index >= 15 is 0 Å². The van der Waals surface area contributed by atoms with Crippen molar-refractivity contribution < 1.29 is 147 Å². The molecule has 1 aliphatic heterocycles. The van der Waals surface area contributed by atoms with Crippen molar-refractivity contribution in [2.75, 3.05) is 6.61 Å². The van der Waals surface area contributed by atoms with Gasteiger partial charge in [-0.25, -0.2) is 4.79 Å². The third-order valence-electron chi connectivity index (χ3n) is 10.1. The predicted molar refractivity (Wildman–Crippen MR) is 139 cm³/mol. The second-order valence-corrected chi connectivity index (χ2v) is 12.8. The van der Waals surface area contributed by atoms with Gasteiger partial charge in [0.25, 0.3) is 0 Å². The Morgan fingerprint density at radius 2 is 1.65 bits per heavy atom. The van der Waals surface area contributed by atoms with Crippen LogP contribution < -0.4 is 5.32 Å². The van der Waals surface area contributed by atoms with Crippen LogP contribution in [0.1, 0.15) is 61.3 Å². The molecule has 3 fully saturated rings. The summed E-state index contributed by atoms with van der Waals surface area (Å²) in [7, 11) is 0. The van der Waals surface area contributed by atoms with Crippen LogP contribution in [-0.2, 0) is 33.4 Å². The van der Waals surface area contributed by atoms with Gasteiger partial charge in [-0.05, 0) is 31.9 Å². The molecular weight excluding hydrogens is 996 g/mol. The maximum Gasteiger partial charge on any atom is 0.337 e. The molecule has 13 nitrogen and oxygen atoms in total. The summed E-state index contributed by atoms with van der Waals surface area (Å²) in [6, 6.07) is -1.02. The van der Waals surface area contributed by atoms with Crippen LogP contribution in [0.4, 0.5) is 0 Å². The maximum absolute atomic E-state index is 14.2.